The van der Waals surface area contributed by atoms with Crippen molar-refractivity contribution in [3.63, 3.8) is 0 Å². The minimum atomic E-state index is 0.659. The average molecular weight is 248 g/mol. The molecular weight excluding hydrogens is 236 g/mol. The molecule has 2 rings (SSSR count). The Kier molecular flexibility index (Phi) is 4.04. The van der Waals surface area contributed by atoms with Gasteiger partial charge < -0.3 is 5.73 Å². The molecule has 0 amide bonds. The Balaban J connectivity index is 2.09. The molecule has 0 atom stereocenters. The SMILES string of the molecule is N#CN=Nc1ccc(C=Cc2ccc(N)cc2)cc1. The molecule has 2 aromatic carbocycles. The third kappa shape index (κ3) is 3.79. The molecule has 92 valence electrons. The van der Waals surface area contributed by atoms with Gasteiger partial charge in [-0.2, -0.15) is 5.26 Å². The topological polar surface area (TPSA) is 74.5 Å². The average Bonchev–Trinajstić information content (AvgIpc) is 2.46. The van der Waals surface area contributed by atoms with Crippen LogP contribution in [-0.2, 0) is 0 Å². The summed E-state index contributed by atoms with van der Waals surface area (Å²) in [5.41, 5.74) is 9.17. The standard InChI is InChI=1S/C15H12N4/c16-11-18-19-15-9-5-13(6-10-15)2-1-12-3-7-14(17)8-4-12/h1-10H,17H2. The summed E-state index contributed by atoms with van der Waals surface area (Å²) in [6.45, 7) is 0. The fourth-order valence-electron chi connectivity index (χ4n) is 1.53. The number of nitrogens with zero attached hydrogens (tertiary/aromatic N) is 3. The summed E-state index contributed by atoms with van der Waals surface area (Å²) < 4.78 is 0. The zero-order valence-corrected chi connectivity index (χ0v) is 10.2. The van der Waals surface area contributed by atoms with Crippen molar-refractivity contribution in [1.82, 2.24) is 0 Å². The molecule has 0 heterocycles. The van der Waals surface area contributed by atoms with Crippen molar-refractivity contribution in [2.45, 2.75) is 0 Å². The van der Waals surface area contributed by atoms with Gasteiger partial charge in [0, 0.05) is 5.69 Å². The minimum absolute atomic E-state index is 0.659. The molecule has 0 aromatic heterocycles. The molecule has 0 radical (unpaired) electrons. The van der Waals surface area contributed by atoms with E-state index in [4.69, 9.17) is 11.0 Å². The van der Waals surface area contributed by atoms with Gasteiger partial charge in [-0.3, -0.25) is 0 Å². The fraction of sp³-hybridized carbons (Fsp3) is 0. The van der Waals surface area contributed by atoms with Gasteiger partial charge in [0.25, 0.3) is 0 Å². The van der Waals surface area contributed by atoms with Crippen molar-refractivity contribution in [2.75, 3.05) is 5.73 Å². The molecule has 0 saturated heterocycles. The highest BCUT2D eigenvalue weighted by atomic mass is 15.1. The zero-order chi connectivity index (χ0) is 13.5. The van der Waals surface area contributed by atoms with Crippen molar-refractivity contribution in [2.24, 2.45) is 10.2 Å². The maximum absolute atomic E-state index is 8.28. The molecule has 4 nitrogen and oxygen atoms in total. The smallest absolute Gasteiger partial charge is 0.226 e. The lowest BCUT2D eigenvalue weighted by Gasteiger charge is -1.96. The van der Waals surface area contributed by atoms with Crippen molar-refractivity contribution >= 4 is 23.5 Å². The number of anilines is 1. The first kappa shape index (κ1) is 12.5. The van der Waals surface area contributed by atoms with Crippen molar-refractivity contribution in [3.8, 4) is 6.19 Å². The predicted octanol–water partition coefficient (Wildman–Crippen LogP) is 4.00. The summed E-state index contributed by atoms with van der Waals surface area (Å²) in [5, 5.41) is 15.3. The van der Waals surface area contributed by atoms with E-state index in [1.807, 2.05) is 60.7 Å². The fourth-order valence-corrected chi connectivity index (χ4v) is 1.53. The lowest BCUT2D eigenvalue weighted by molar-refractivity contribution is 1.23. The number of hydrogen-bond acceptors (Lipinski definition) is 4. The lowest BCUT2D eigenvalue weighted by atomic mass is 10.1. The summed E-state index contributed by atoms with van der Waals surface area (Å²) in [4.78, 5) is 0. The molecule has 0 aliphatic heterocycles. The largest absolute Gasteiger partial charge is 0.399 e. The number of nitrogen functional groups attached to an aromatic ring is 1. The van der Waals surface area contributed by atoms with Crippen LogP contribution in [0.2, 0.25) is 0 Å². The summed E-state index contributed by atoms with van der Waals surface area (Å²) in [5.74, 6) is 0. The van der Waals surface area contributed by atoms with Gasteiger partial charge in [-0.1, -0.05) is 41.5 Å². The van der Waals surface area contributed by atoms with Crippen LogP contribution in [0, 0.1) is 11.5 Å². The first-order chi connectivity index (χ1) is 9.28. The van der Waals surface area contributed by atoms with Gasteiger partial charge in [0.1, 0.15) is 0 Å². The van der Waals surface area contributed by atoms with Crippen LogP contribution >= 0.6 is 0 Å². The van der Waals surface area contributed by atoms with Gasteiger partial charge in [-0.25, -0.2) is 0 Å². The van der Waals surface area contributed by atoms with Crippen LogP contribution in [0.4, 0.5) is 11.4 Å². The molecule has 4 heteroatoms. The van der Waals surface area contributed by atoms with E-state index in [1.54, 1.807) is 6.19 Å². The summed E-state index contributed by atoms with van der Waals surface area (Å²) in [6.07, 6.45) is 5.62. The van der Waals surface area contributed by atoms with Gasteiger partial charge in [-0.05, 0) is 35.4 Å². The molecule has 2 aromatic rings. The van der Waals surface area contributed by atoms with Crippen LogP contribution in [0.3, 0.4) is 0 Å². The maximum Gasteiger partial charge on any atom is 0.226 e. The van der Waals surface area contributed by atoms with Crippen molar-refractivity contribution in [1.29, 1.82) is 5.26 Å². The second-order valence-corrected chi connectivity index (χ2v) is 3.89. The Hall–Kier alpha value is -2.93. The quantitative estimate of drug-likeness (QED) is 0.385. The second-order valence-electron chi connectivity index (χ2n) is 3.89. The minimum Gasteiger partial charge on any atom is -0.399 e. The predicted molar refractivity (Wildman–Crippen MR) is 76.4 cm³/mol. The molecule has 0 fully saturated rings. The zero-order valence-electron chi connectivity index (χ0n) is 10.2. The van der Waals surface area contributed by atoms with Crippen molar-refractivity contribution in [3.05, 3.63) is 59.7 Å². The molecular formula is C15H12N4. The molecule has 0 unspecified atom stereocenters. The number of nitrogens with two attached hydrogens (primary N) is 1. The number of nitriles is 1. The highest BCUT2D eigenvalue weighted by Crippen LogP contribution is 2.15. The van der Waals surface area contributed by atoms with E-state index in [2.05, 4.69) is 10.2 Å². The maximum atomic E-state index is 8.28. The van der Waals surface area contributed by atoms with Gasteiger partial charge in [0.15, 0.2) is 0 Å². The van der Waals surface area contributed by atoms with E-state index in [-0.39, 0.29) is 0 Å². The van der Waals surface area contributed by atoms with Crippen LogP contribution in [0.1, 0.15) is 11.1 Å². The first-order valence-corrected chi connectivity index (χ1v) is 5.71. The van der Waals surface area contributed by atoms with Crippen LogP contribution < -0.4 is 5.73 Å². The van der Waals surface area contributed by atoms with Gasteiger partial charge in [-0.15, -0.1) is 5.11 Å². The monoisotopic (exact) mass is 248 g/mol. The summed E-state index contributed by atoms with van der Waals surface area (Å²) in [7, 11) is 0. The molecule has 19 heavy (non-hydrogen) atoms. The third-order valence-corrected chi connectivity index (χ3v) is 2.51. The highest BCUT2D eigenvalue weighted by Gasteiger charge is 1.91. The Labute approximate surface area is 111 Å². The molecule has 2 N–H and O–H groups in total. The van der Waals surface area contributed by atoms with Gasteiger partial charge in [0.05, 0.1) is 5.69 Å². The second kappa shape index (κ2) is 6.12. The van der Waals surface area contributed by atoms with E-state index >= 15 is 0 Å². The Morgan fingerprint density at radius 3 is 1.95 bits per heavy atom. The van der Waals surface area contributed by atoms with E-state index in [1.165, 1.54) is 0 Å². The first-order valence-electron chi connectivity index (χ1n) is 5.71. The molecule has 0 bridgehead atoms. The van der Waals surface area contributed by atoms with Crippen molar-refractivity contribution < 1.29 is 0 Å². The van der Waals surface area contributed by atoms with E-state index in [0.717, 1.165) is 16.8 Å². The Bertz CT molecular complexity index is 631. The highest BCUT2D eigenvalue weighted by molar-refractivity contribution is 5.70. The summed E-state index contributed by atoms with van der Waals surface area (Å²) >= 11 is 0. The van der Waals surface area contributed by atoms with Crippen LogP contribution in [0.5, 0.6) is 0 Å². The molecule has 0 spiro atoms. The van der Waals surface area contributed by atoms with Crippen LogP contribution in [0.25, 0.3) is 12.2 Å². The van der Waals surface area contributed by atoms with Crippen LogP contribution in [-0.4, -0.2) is 0 Å². The number of benzene rings is 2. The van der Waals surface area contributed by atoms with Gasteiger partial charge in [0.2, 0.25) is 6.19 Å². The lowest BCUT2D eigenvalue weighted by Crippen LogP contribution is -1.82. The van der Waals surface area contributed by atoms with Gasteiger partial charge >= 0.3 is 0 Å². The Morgan fingerprint density at radius 1 is 0.895 bits per heavy atom. The normalized spacial score (nSPS) is 10.9. The number of rotatable bonds is 3. The molecule has 0 aliphatic rings. The molecule has 0 saturated carbocycles. The van der Waals surface area contributed by atoms with Crippen LogP contribution in [0.15, 0.2) is 58.8 Å². The molecule has 0 aliphatic carbocycles. The van der Waals surface area contributed by atoms with E-state index in [0.29, 0.717) is 5.69 Å². The number of azo groups is 1. The summed E-state index contributed by atoms with van der Waals surface area (Å²) in [6, 6.07) is 15.1. The Morgan fingerprint density at radius 2 is 1.42 bits per heavy atom. The van der Waals surface area contributed by atoms with E-state index in [9.17, 15) is 0 Å². The third-order valence-electron chi connectivity index (χ3n) is 2.51. The van der Waals surface area contributed by atoms with E-state index < -0.39 is 0 Å². The number of hydrogen-bond donors (Lipinski definition) is 1.